The van der Waals surface area contributed by atoms with E-state index in [-0.39, 0.29) is 23.8 Å². The number of benzene rings is 3. The number of halogens is 1. The average Bonchev–Trinajstić information content (AvgIpc) is 2.69. The summed E-state index contributed by atoms with van der Waals surface area (Å²) >= 11 is 5.98. The number of nitrogens with one attached hydrogen (secondary N) is 1. The molecule has 5 heteroatoms. The second kappa shape index (κ2) is 8.52. The second-order valence-electron chi connectivity index (χ2n) is 6.12. The highest BCUT2D eigenvalue weighted by Gasteiger charge is 2.17. The third-order valence-corrected chi connectivity index (χ3v) is 4.48. The van der Waals surface area contributed by atoms with Gasteiger partial charge in [-0.2, -0.15) is 0 Å². The molecule has 0 aliphatic rings. The minimum absolute atomic E-state index is 0.0187. The highest BCUT2D eigenvalue weighted by molar-refractivity contribution is 6.30. The molecule has 0 bridgehead atoms. The zero-order valence-electron chi connectivity index (χ0n) is 14.4. The van der Waals surface area contributed by atoms with Crippen LogP contribution in [0, 0.1) is 0 Å². The normalized spacial score (nSPS) is 11.6. The van der Waals surface area contributed by atoms with E-state index in [1.165, 1.54) is 12.1 Å². The van der Waals surface area contributed by atoms with E-state index in [9.17, 15) is 9.59 Å². The number of aromatic carboxylic acids is 1. The molecule has 0 aliphatic heterocycles. The zero-order valence-corrected chi connectivity index (χ0v) is 15.2. The topological polar surface area (TPSA) is 66.4 Å². The van der Waals surface area contributed by atoms with Crippen LogP contribution in [0.15, 0.2) is 78.9 Å². The van der Waals surface area contributed by atoms with E-state index in [4.69, 9.17) is 16.7 Å². The fraction of sp³-hybridized carbons (Fsp3) is 0.0909. The van der Waals surface area contributed by atoms with Crippen molar-refractivity contribution in [2.45, 2.75) is 12.5 Å². The van der Waals surface area contributed by atoms with Gasteiger partial charge in [-0.3, -0.25) is 4.79 Å². The van der Waals surface area contributed by atoms with Crippen molar-refractivity contribution < 1.29 is 14.7 Å². The van der Waals surface area contributed by atoms with Crippen molar-refractivity contribution >= 4 is 29.0 Å². The molecule has 3 rings (SSSR count). The Labute approximate surface area is 162 Å². The molecule has 0 spiro atoms. The van der Waals surface area contributed by atoms with Gasteiger partial charge in [-0.15, -0.1) is 0 Å². The molecule has 0 saturated heterocycles. The fourth-order valence-corrected chi connectivity index (χ4v) is 2.91. The van der Waals surface area contributed by atoms with Crippen LogP contribution in [0.5, 0.6) is 0 Å². The third kappa shape index (κ3) is 4.96. The Balaban J connectivity index is 1.84. The maximum absolute atomic E-state index is 12.7. The average molecular weight is 380 g/mol. The maximum Gasteiger partial charge on any atom is 0.335 e. The van der Waals surface area contributed by atoms with Gasteiger partial charge in [0, 0.05) is 22.7 Å². The first-order chi connectivity index (χ1) is 13.0. The number of carboxylic acids is 1. The molecular formula is C22H18ClNO3. The highest BCUT2D eigenvalue weighted by atomic mass is 35.5. The summed E-state index contributed by atoms with van der Waals surface area (Å²) in [4.78, 5) is 23.7. The third-order valence-electron chi connectivity index (χ3n) is 4.23. The number of carboxylic acid groups (broad SMARTS) is 1. The van der Waals surface area contributed by atoms with Gasteiger partial charge in [-0.05, 0) is 42.0 Å². The van der Waals surface area contributed by atoms with Gasteiger partial charge >= 0.3 is 5.97 Å². The van der Waals surface area contributed by atoms with E-state index in [1.54, 1.807) is 36.4 Å². The van der Waals surface area contributed by atoms with E-state index in [2.05, 4.69) is 5.32 Å². The van der Waals surface area contributed by atoms with E-state index in [0.29, 0.717) is 10.6 Å². The summed E-state index contributed by atoms with van der Waals surface area (Å²) in [6.45, 7) is 0. The van der Waals surface area contributed by atoms with Crippen molar-refractivity contribution in [2.24, 2.45) is 0 Å². The summed E-state index contributed by atoms with van der Waals surface area (Å²) in [5.74, 6) is -0.958. The van der Waals surface area contributed by atoms with E-state index < -0.39 is 5.97 Å². The molecule has 4 nitrogen and oxygen atoms in total. The van der Waals surface area contributed by atoms with Crippen LogP contribution in [0.3, 0.4) is 0 Å². The fourth-order valence-electron chi connectivity index (χ4n) is 2.78. The molecule has 1 unspecified atom stereocenters. The predicted octanol–water partition coefficient (Wildman–Crippen LogP) is 5.46. The number of anilines is 1. The standard InChI is InChI=1S/C22H18ClNO3/c23-18-10-6-15(7-11-18)20(14-21(25)16-4-2-1-3-5-16)24-19-12-8-17(9-13-19)22(26)27/h1-13,20,24H,14H2,(H,26,27). The first-order valence-electron chi connectivity index (χ1n) is 8.46. The van der Waals surface area contributed by atoms with Crippen molar-refractivity contribution in [2.75, 3.05) is 5.32 Å². The van der Waals surface area contributed by atoms with Gasteiger partial charge in [0.15, 0.2) is 5.78 Å². The van der Waals surface area contributed by atoms with Crippen LogP contribution in [0.2, 0.25) is 5.02 Å². The van der Waals surface area contributed by atoms with Crippen LogP contribution in [-0.2, 0) is 0 Å². The largest absolute Gasteiger partial charge is 0.478 e. The van der Waals surface area contributed by atoms with Gasteiger partial charge in [-0.25, -0.2) is 4.79 Å². The van der Waals surface area contributed by atoms with E-state index in [1.807, 2.05) is 30.3 Å². The zero-order chi connectivity index (χ0) is 19.2. The number of Topliss-reactive ketones (excluding diaryl/α,β-unsaturated/α-hetero) is 1. The number of carbonyl (C=O) groups excluding carboxylic acids is 1. The van der Waals surface area contributed by atoms with E-state index >= 15 is 0 Å². The van der Waals surface area contributed by atoms with Crippen LogP contribution in [0.1, 0.15) is 38.7 Å². The molecule has 0 aliphatic carbocycles. The molecule has 0 saturated carbocycles. The van der Waals surface area contributed by atoms with E-state index in [0.717, 1.165) is 11.3 Å². The van der Waals surface area contributed by atoms with Crippen LogP contribution in [0.4, 0.5) is 5.69 Å². The van der Waals surface area contributed by atoms with Crippen molar-refractivity contribution in [1.82, 2.24) is 0 Å². The lowest BCUT2D eigenvalue weighted by Crippen LogP contribution is -2.16. The van der Waals surface area contributed by atoms with Crippen molar-refractivity contribution in [3.8, 4) is 0 Å². The van der Waals surface area contributed by atoms with Crippen LogP contribution < -0.4 is 5.32 Å². The van der Waals surface area contributed by atoms with Gasteiger partial charge in [-0.1, -0.05) is 54.1 Å². The Hall–Kier alpha value is -3.11. The minimum atomic E-state index is -0.977. The van der Waals surface area contributed by atoms with Crippen molar-refractivity contribution in [1.29, 1.82) is 0 Å². The lowest BCUT2D eigenvalue weighted by molar-refractivity contribution is 0.0696. The Kier molecular flexibility index (Phi) is 5.89. The molecule has 0 amide bonds. The van der Waals surface area contributed by atoms with Crippen molar-refractivity contribution in [3.05, 3.63) is 101 Å². The Morgan fingerprint density at radius 1 is 0.852 bits per heavy atom. The summed E-state index contributed by atoms with van der Waals surface area (Å²) in [6, 6.07) is 22.6. The van der Waals surface area contributed by atoms with Gasteiger partial charge in [0.2, 0.25) is 0 Å². The molecule has 1 atom stereocenters. The second-order valence-corrected chi connectivity index (χ2v) is 6.56. The molecule has 2 N–H and O–H groups in total. The Morgan fingerprint density at radius 2 is 1.48 bits per heavy atom. The minimum Gasteiger partial charge on any atom is -0.478 e. The molecule has 0 fully saturated rings. The Morgan fingerprint density at radius 3 is 2.07 bits per heavy atom. The molecule has 136 valence electrons. The molecule has 27 heavy (non-hydrogen) atoms. The monoisotopic (exact) mass is 379 g/mol. The SMILES string of the molecule is O=C(O)c1ccc(NC(CC(=O)c2ccccc2)c2ccc(Cl)cc2)cc1. The predicted molar refractivity (Wildman–Crippen MR) is 107 cm³/mol. The van der Waals surface area contributed by atoms with Gasteiger partial charge in [0.05, 0.1) is 11.6 Å². The van der Waals surface area contributed by atoms with Crippen LogP contribution in [0.25, 0.3) is 0 Å². The molecule has 3 aromatic carbocycles. The summed E-state index contributed by atoms with van der Waals surface area (Å²) in [6.07, 6.45) is 0.256. The first-order valence-corrected chi connectivity index (χ1v) is 8.84. The lowest BCUT2D eigenvalue weighted by Gasteiger charge is -2.20. The molecular weight excluding hydrogens is 362 g/mol. The van der Waals surface area contributed by atoms with Gasteiger partial charge < -0.3 is 10.4 Å². The Bertz CT molecular complexity index is 922. The maximum atomic E-state index is 12.7. The molecule has 3 aromatic rings. The van der Waals surface area contributed by atoms with Crippen molar-refractivity contribution in [3.63, 3.8) is 0 Å². The number of rotatable bonds is 7. The summed E-state index contributed by atoms with van der Waals surface area (Å²) < 4.78 is 0. The van der Waals surface area contributed by atoms with Gasteiger partial charge in [0.25, 0.3) is 0 Å². The van der Waals surface area contributed by atoms with Crippen LogP contribution >= 0.6 is 11.6 Å². The number of hydrogen-bond acceptors (Lipinski definition) is 3. The quantitative estimate of drug-likeness (QED) is 0.534. The summed E-state index contributed by atoms with van der Waals surface area (Å²) in [5, 5.41) is 13.0. The molecule has 0 heterocycles. The smallest absolute Gasteiger partial charge is 0.335 e. The summed E-state index contributed by atoms with van der Waals surface area (Å²) in [7, 11) is 0. The van der Waals surface area contributed by atoms with Gasteiger partial charge in [0.1, 0.15) is 0 Å². The van der Waals surface area contributed by atoms with Crippen LogP contribution in [-0.4, -0.2) is 16.9 Å². The number of hydrogen-bond donors (Lipinski definition) is 2. The highest BCUT2D eigenvalue weighted by Crippen LogP contribution is 2.26. The molecule has 0 radical (unpaired) electrons. The first kappa shape index (κ1) is 18.7. The number of carbonyl (C=O) groups is 2. The lowest BCUT2D eigenvalue weighted by atomic mass is 9.97. The summed E-state index contributed by atoms with van der Waals surface area (Å²) in [5.41, 5.74) is 2.52. The molecule has 0 aromatic heterocycles. The number of ketones is 1.